The number of hydrogen-bond acceptors (Lipinski definition) is 4. The van der Waals surface area contributed by atoms with Crippen LogP contribution in [0.2, 0.25) is 0 Å². The van der Waals surface area contributed by atoms with Crippen LogP contribution < -0.4 is 0 Å². The van der Waals surface area contributed by atoms with Gasteiger partial charge in [-0.3, -0.25) is 4.79 Å². The van der Waals surface area contributed by atoms with Crippen molar-refractivity contribution in [1.29, 1.82) is 0 Å². The number of rotatable bonds is 4. The predicted octanol–water partition coefficient (Wildman–Crippen LogP) is 1.32. The minimum Gasteiger partial charge on any atom is -0.342 e. The van der Waals surface area contributed by atoms with E-state index in [-0.39, 0.29) is 23.4 Å². The average Bonchev–Trinajstić information content (AvgIpc) is 3.12. The van der Waals surface area contributed by atoms with E-state index in [2.05, 4.69) is 4.98 Å². The molecule has 7 nitrogen and oxygen atoms in total. The lowest BCUT2D eigenvalue weighted by atomic mass is 9.97. The molecule has 3 heterocycles. The van der Waals surface area contributed by atoms with Gasteiger partial charge in [0.25, 0.3) is 10.0 Å². The summed E-state index contributed by atoms with van der Waals surface area (Å²) in [5.41, 5.74) is 0. The molecule has 0 spiro atoms. The molecule has 2 saturated heterocycles. The van der Waals surface area contributed by atoms with Crippen molar-refractivity contribution in [3.8, 4) is 0 Å². The number of imidazole rings is 1. The zero-order chi connectivity index (χ0) is 17.2. The molecular formula is C16H26N4O3S. The monoisotopic (exact) mass is 354 g/mol. The van der Waals surface area contributed by atoms with Gasteiger partial charge in [-0.25, -0.2) is 13.4 Å². The summed E-state index contributed by atoms with van der Waals surface area (Å²) < 4.78 is 28.8. The molecule has 0 aliphatic carbocycles. The number of nitrogens with zero attached hydrogens (tertiary/aromatic N) is 4. The summed E-state index contributed by atoms with van der Waals surface area (Å²) >= 11 is 0. The Labute approximate surface area is 143 Å². The molecule has 1 amide bonds. The van der Waals surface area contributed by atoms with E-state index >= 15 is 0 Å². The standard InChI is InChI=1S/C16H26N4O3S/c1-2-18-12-15(17-13-18)24(22,23)20-10-6-7-14(11-20)16(21)19-8-4-3-5-9-19/h12-14H,2-11H2,1H3/t14-/m0/s1. The first kappa shape index (κ1) is 17.4. The van der Waals surface area contributed by atoms with Gasteiger partial charge in [0.05, 0.1) is 12.2 Å². The van der Waals surface area contributed by atoms with Gasteiger partial charge in [-0.05, 0) is 39.0 Å². The molecule has 24 heavy (non-hydrogen) atoms. The highest BCUT2D eigenvalue weighted by atomic mass is 32.2. The van der Waals surface area contributed by atoms with Crippen LogP contribution in [0, 0.1) is 5.92 Å². The molecular weight excluding hydrogens is 328 g/mol. The molecule has 1 aromatic heterocycles. The lowest BCUT2D eigenvalue weighted by molar-refractivity contribution is -0.137. The molecule has 0 N–H and O–H groups in total. The summed E-state index contributed by atoms with van der Waals surface area (Å²) in [6.07, 6.45) is 7.86. The summed E-state index contributed by atoms with van der Waals surface area (Å²) in [6, 6.07) is 0. The number of likely N-dealkylation sites (tertiary alicyclic amines) is 1. The zero-order valence-corrected chi connectivity index (χ0v) is 15.0. The maximum Gasteiger partial charge on any atom is 0.262 e. The van der Waals surface area contributed by atoms with Gasteiger partial charge < -0.3 is 9.47 Å². The first-order valence-electron chi connectivity index (χ1n) is 8.83. The number of sulfonamides is 1. The lowest BCUT2D eigenvalue weighted by Gasteiger charge is -2.35. The van der Waals surface area contributed by atoms with Crippen molar-refractivity contribution in [1.82, 2.24) is 18.8 Å². The van der Waals surface area contributed by atoms with Crippen LogP contribution in [-0.2, 0) is 21.4 Å². The molecule has 134 valence electrons. The van der Waals surface area contributed by atoms with Gasteiger partial charge in [0.15, 0.2) is 5.03 Å². The van der Waals surface area contributed by atoms with Crippen molar-refractivity contribution in [2.45, 2.75) is 50.6 Å². The molecule has 8 heteroatoms. The Morgan fingerprint density at radius 3 is 2.62 bits per heavy atom. The molecule has 1 atom stereocenters. The fraction of sp³-hybridized carbons (Fsp3) is 0.750. The van der Waals surface area contributed by atoms with Crippen LogP contribution in [-0.4, -0.2) is 59.3 Å². The Kier molecular flexibility index (Phi) is 5.24. The van der Waals surface area contributed by atoms with Crippen LogP contribution in [0.5, 0.6) is 0 Å². The van der Waals surface area contributed by atoms with Gasteiger partial charge in [0.1, 0.15) is 0 Å². The molecule has 2 fully saturated rings. The number of carbonyl (C=O) groups excluding carboxylic acids is 1. The van der Waals surface area contributed by atoms with Crippen molar-refractivity contribution >= 4 is 15.9 Å². The molecule has 0 radical (unpaired) electrons. The third-order valence-corrected chi connectivity index (χ3v) is 6.73. The van der Waals surface area contributed by atoms with Crippen LogP contribution in [0.25, 0.3) is 0 Å². The predicted molar refractivity (Wildman–Crippen MR) is 89.8 cm³/mol. The Hall–Kier alpha value is -1.41. The van der Waals surface area contributed by atoms with Gasteiger partial charge in [-0.15, -0.1) is 0 Å². The minimum absolute atomic E-state index is 0.0791. The van der Waals surface area contributed by atoms with Gasteiger partial charge in [-0.1, -0.05) is 0 Å². The van der Waals surface area contributed by atoms with E-state index in [1.54, 1.807) is 10.8 Å². The van der Waals surface area contributed by atoms with Gasteiger partial charge in [-0.2, -0.15) is 4.31 Å². The van der Waals surface area contributed by atoms with Crippen LogP contribution in [0.1, 0.15) is 39.0 Å². The number of carbonyl (C=O) groups is 1. The lowest BCUT2D eigenvalue weighted by Crippen LogP contribution is -2.47. The molecule has 0 aromatic carbocycles. The van der Waals surface area contributed by atoms with Crippen LogP contribution >= 0.6 is 0 Å². The Balaban J connectivity index is 1.71. The molecule has 1 aromatic rings. The summed E-state index contributed by atoms with van der Waals surface area (Å²) in [5.74, 6) is -0.103. The zero-order valence-electron chi connectivity index (χ0n) is 14.2. The second-order valence-corrected chi connectivity index (χ2v) is 8.52. The smallest absolute Gasteiger partial charge is 0.262 e. The summed E-state index contributed by atoms with van der Waals surface area (Å²) in [4.78, 5) is 18.6. The maximum absolute atomic E-state index is 12.8. The van der Waals surface area contributed by atoms with E-state index in [1.807, 2.05) is 11.8 Å². The summed E-state index contributed by atoms with van der Waals surface area (Å²) in [7, 11) is -3.62. The van der Waals surface area contributed by atoms with Gasteiger partial charge >= 0.3 is 0 Å². The van der Waals surface area contributed by atoms with Crippen LogP contribution in [0.3, 0.4) is 0 Å². The second kappa shape index (κ2) is 7.23. The van der Waals surface area contributed by atoms with E-state index < -0.39 is 10.0 Å². The largest absolute Gasteiger partial charge is 0.342 e. The Morgan fingerprint density at radius 1 is 1.21 bits per heavy atom. The van der Waals surface area contributed by atoms with E-state index in [1.165, 1.54) is 17.1 Å². The second-order valence-electron chi connectivity index (χ2n) is 6.63. The SMILES string of the molecule is CCn1cnc(S(=O)(=O)N2CCC[C@H](C(=O)N3CCCCC3)C2)c1. The van der Waals surface area contributed by atoms with Gasteiger partial charge in [0.2, 0.25) is 5.91 Å². The van der Waals surface area contributed by atoms with Crippen molar-refractivity contribution in [2.75, 3.05) is 26.2 Å². The van der Waals surface area contributed by atoms with E-state index in [0.29, 0.717) is 13.1 Å². The van der Waals surface area contributed by atoms with Gasteiger partial charge in [0, 0.05) is 38.9 Å². The fourth-order valence-electron chi connectivity index (χ4n) is 3.51. The molecule has 3 rings (SSSR count). The van der Waals surface area contributed by atoms with Crippen molar-refractivity contribution < 1.29 is 13.2 Å². The quantitative estimate of drug-likeness (QED) is 0.817. The molecule has 0 bridgehead atoms. The number of aromatic nitrogens is 2. The normalized spacial score (nSPS) is 23.4. The number of hydrogen-bond donors (Lipinski definition) is 0. The third-order valence-electron chi connectivity index (χ3n) is 4.98. The number of piperidine rings is 2. The Morgan fingerprint density at radius 2 is 1.96 bits per heavy atom. The molecule has 2 aliphatic rings. The van der Waals surface area contributed by atoms with Crippen molar-refractivity contribution in [2.24, 2.45) is 5.92 Å². The van der Waals surface area contributed by atoms with Crippen molar-refractivity contribution in [3.63, 3.8) is 0 Å². The highest BCUT2D eigenvalue weighted by Gasteiger charge is 2.36. The fourth-order valence-corrected chi connectivity index (χ4v) is 4.97. The maximum atomic E-state index is 12.8. The first-order valence-corrected chi connectivity index (χ1v) is 10.3. The van der Waals surface area contributed by atoms with Crippen LogP contribution in [0.15, 0.2) is 17.6 Å². The highest BCUT2D eigenvalue weighted by molar-refractivity contribution is 7.89. The van der Waals surface area contributed by atoms with E-state index in [0.717, 1.165) is 38.8 Å². The van der Waals surface area contributed by atoms with E-state index in [9.17, 15) is 13.2 Å². The molecule has 0 unspecified atom stereocenters. The number of amides is 1. The highest BCUT2D eigenvalue weighted by Crippen LogP contribution is 2.25. The van der Waals surface area contributed by atoms with Crippen molar-refractivity contribution in [3.05, 3.63) is 12.5 Å². The third kappa shape index (κ3) is 3.49. The Bertz CT molecular complexity index is 679. The van der Waals surface area contributed by atoms with E-state index in [4.69, 9.17) is 0 Å². The average molecular weight is 354 g/mol. The first-order chi connectivity index (χ1) is 11.5. The van der Waals surface area contributed by atoms with Crippen LogP contribution in [0.4, 0.5) is 0 Å². The topological polar surface area (TPSA) is 75.5 Å². The molecule has 0 saturated carbocycles. The summed E-state index contributed by atoms with van der Waals surface area (Å²) in [6.45, 7) is 4.97. The minimum atomic E-state index is -3.62. The summed E-state index contributed by atoms with van der Waals surface area (Å²) in [5, 5.41) is 0.0791. The number of aryl methyl sites for hydroxylation is 1. The molecule has 2 aliphatic heterocycles.